The lowest BCUT2D eigenvalue weighted by atomic mass is 10.0. The van der Waals surface area contributed by atoms with Gasteiger partial charge < -0.3 is 35.2 Å². The first-order valence-corrected chi connectivity index (χ1v) is 13.2. The number of morpholine rings is 1. The van der Waals surface area contributed by atoms with Gasteiger partial charge in [0, 0.05) is 33.7 Å². The summed E-state index contributed by atoms with van der Waals surface area (Å²) in [4.78, 5) is 68.2. The standard InChI is InChI=1S/C27H39N5O7/c1-17(2)24-26(36)28-13-19-14-32(23(34)10-11-38-4)15-21(39-19)25(35)29-20(12-18-8-6-5-7-9-18)27(37)31(3)16-22(33)30-24/h5-9,17,19-21,24H,10-16H2,1-4H3,(H,28,36)(H,29,35)(H,30,33)/t19-,20+,21+,24-/m0/s1. The number of methoxy groups -OCH3 is 1. The number of nitrogens with one attached hydrogen (secondary N) is 3. The predicted octanol–water partition coefficient (Wildman–Crippen LogP) is -0.925. The van der Waals surface area contributed by atoms with Crippen molar-refractivity contribution in [1.29, 1.82) is 0 Å². The van der Waals surface area contributed by atoms with Gasteiger partial charge in [-0.1, -0.05) is 44.2 Å². The SMILES string of the molecule is COCCC(=O)N1C[C@@H]2CNC(=O)[C@H](C(C)C)NC(=O)CN(C)C(=O)[C@@H](Cc3ccccc3)NC(=O)[C@@H](C1)O2. The van der Waals surface area contributed by atoms with Crippen molar-refractivity contribution in [2.45, 2.75) is 51.0 Å². The molecular weight excluding hydrogens is 506 g/mol. The first kappa shape index (κ1) is 30.0. The molecule has 0 radical (unpaired) electrons. The Bertz CT molecular complexity index is 1030. The number of fused-ring (bicyclic) bond motifs is 2. The van der Waals surface area contributed by atoms with Crippen LogP contribution in [0, 0.1) is 5.92 Å². The van der Waals surface area contributed by atoms with Crippen LogP contribution in [0.5, 0.6) is 0 Å². The van der Waals surface area contributed by atoms with E-state index < -0.39 is 47.9 Å². The van der Waals surface area contributed by atoms with E-state index >= 15 is 0 Å². The van der Waals surface area contributed by atoms with Gasteiger partial charge in [0.05, 0.1) is 32.2 Å². The first-order chi connectivity index (χ1) is 18.6. The zero-order valence-electron chi connectivity index (χ0n) is 23.0. The van der Waals surface area contributed by atoms with E-state index in [1.54, 1.807) is 13.8 Å². The monoisotopic (exact) mass is 545 g/mol. The Morgan fingerprint density at radius 3 is 2.46 bits per heavy atom. The van der Waals surface area contributed by atoms with Gasteiger partial charge in [-0.05, 0) is 11.5 Å². The largest absolute Gasteiger partial charge is 0.384 e. The molecule has 4 atom stereocenters. The molecule has 0 unspecified atom stereocenters. The van der Waals surface area contributed by atoms with Crippen molar-refractivity contribution in [1.82, 2.24) is 25.8 Å². The summed E-state index contributed by atoms with van der Waals surface area (Å²) in [6.45, 7) is 3.73. The van der Waals surface area contributed by atoms with E-state index in [4.69, 9.17) is 9.47 Å². The Hall–Kier alpha value is -3.51. The fraction of sp³-hybridized carbons (Fsp3) is 0.593. The van der Waals surface area contributed by atoms with Crippen molar-refractivity contribution < 1.29 is 33.4 Å². The molecule has 2 heterocycles. The Labute approximate surface area is 228 Å². The number of hydrogen-bond acceptors (Lipinski definition) is 7. The molecule has 12 nitrogen and oxygen atoms in total. The Kier molecular flexibility index (Phi) is 10.8. The van der Waals surface area contributed by atoms with Gasteiger partial charge in [-0.15, -0.1) is 0 Å². The second kappa shape index (κ2) is 14.0. The second-order valence-corrected chi connectivity index (χ2v) is 10.3. The number of hydrogen-bond donors (Lipinski definition) is 3. The lowest BCUT2D eigenvalue weighted by Crippen LogP contribution is -2.59. The molecule has 0 saturated carbocycles. The van der Waals surface area contributed by atoms with Crippen molar-refractivity contribution in [2.24, 2.45) is 5.92 Å². The van der Waals surface area contributed by atoms with Gasteiger partial charge in [-0.25, -0.2) is 0 Å². The highest BCUT2D eigenvalue weighted by Gasteiger charge is 2.37. The van der Waals surface area contributed by atoms with Gasteiger partial charge >= 0.3 is 0 Å². The van der Waals surface area contributed by atoms with Crippen molar-refractivity contribution in [3.05, 3.63) is 35.9 Å². The van der Waals surface area contributed by atoms with E-state index in [-0.39, 0.29) is 57.5 Å². The Morgan fingerprint density at radius 1 is 1.08 bits per heavy atom. The topological polar surface area (TPSA) is 146 Å². The maximum absolute atomic E-state index is 13.5. The maximum atomic E-state index is 13.5. The summed E-state index contributed by atoms with van der Waals surface area (Å²) in [5.41, 5.74) is 0.820. The minimum atomic E-state index is -1.06. The van der Waals surface area contributed by atoms with Crippen LogP contribution in [-0.2, 0) is 39.9 Å². The van der Waals surface area contributed by atoms with Crippen LogP contribution in [0.3, 0.4) is 0 Å². The van der Waals surface area contributed by atoms with Gasteiger partial charge in [0.25, 0.3) is 5.91 Å². The molecule has 2 fully saturated rings. The van der Waals surface area contributed by atoms with E-state index in [9.17, 15) is 24.0 Å². The molecular formula is C27H39N5O7. The number of amides is 5. The van der Waals surface area contributed by atoms with E-state index in [2.05, 4.69) is 16.0 Å². The van der Waals surface area contributed by atoms with Crippen LogP contribution >= 0.6 is 0 Å². The Balaban J connectivity index is 1.92. The lowest BCUT2D eigenvalue weighted by Gasteiger charge is -2.38. The second-order valence-electron chi connectivity index (χ2n) is 10.3. The summed E-state index contributed by atoms with van der Waals surface area (Å²) < 4.78 is 11.0. The molecule has 0 aromatic heterocycles. The smallest absolute Gasteiger partial charge is 0.251 e. The van der Waals surface area contributed by atoms with Crippen molar-refractivity contribution in [3.8, 4) is 0 Å². The van der Waals surface area contributed by atoms with Crippen molar-refractivity contribution >= 4 is 29.5 Å². The highest BCUT2D eigenvalue weighted by atomic mass is 16.5. The number of carbonyl (C=O) groups is 5. The van der Waals surface area contributed by atoms with E-state index in [0.29, 0.717) is 0 Å². The number of carbonyl (C=O) groups excluding carboxylic acids is 5. The fourth-order valence-corrected chi connectivity index (χ4v) is 4.60. The molecule has 39 heavy (non-hydrogen) atoms. The highest BCUT2D eigenvalue weighted by Crippen LogP contribution is 2.15. The minimum absolute atomic E-state index is 0.00439. The molecule has 3 N–H and O–H groups in total. The van der Waals surface area contributed by atoms with Crippen LogP contribution in [-0.4, -0.2) is 111 Å². The number of nitrogens with zero attached hydrogens (tertiary/aromatic N) is 2. The zero-order valence-corrected chi connectivity index (χ0v) is 23.0. The van der Waals surface area contributed by atoms with Crippen molar-refractivity contribution in [3.63, 3.8) is 0 Å². The van der Waals surface area contributed by atoms with Gasteiger partial charge in [0.15, 0.2) is 6.10 Å². The molecule has 12 heteroatoms. The third-order valence-corrected chi connectivity index (χ3v) is 6.76. The summed E-state index contributed by atoms with van der Waals surface area (Å²) >= 11 is 0. The first-order valence-electron chi connectivity index (χ1n) is 13.2. The molecule has 0 spiro atoms. The number of benzene rings is 1. The molecule has 2 bridgehead atoms. The third-order valence-electron chi connectivity index (χ3n) is 6.76. The summed E-state index contributed by atoms with van der Waals surface area (Å²) in [6, 6.07) is 7.38. The number of ether oxygens (including phenoxy) is 2. The molecule has 1 aromatic carbocycles. The molecule has 5 amide bonds. The summed E-state index contributed by atoms with van der Waals surface area (Å²) in [5.74, 6) is -2.38. The van der Waals surface area contributed by atoms with Gasteiger partial charge in [-0.2, -0.15) is 0 Å². The van der Waals surface area contributed by atoms with Crippen LogP contribution in [0.4, 0.5) is 0 Å². The van der Waals surface area contributed by atoms with Gasteiger partial charge in [-0.3, -0.25) is 24.0 Å². The summed E-state index contributed by atoms with van der Waals surface area (Å²) in [7, 11) is 2.97. The van der Waals surface area contributed by atoms with Gasteiger partial charge in [0.1, 0.15) is 12.1 Å². The zero-order chi connectivity index (χ0) is 28.5. The van der Waals surface area contributed by atoms with Crippen LogP contribution in [0.2, 0.25) is 0 Å². The molecule has 0 aliphatic carbocycles. The lowest BCUT2D eigenvalue weighted by molar-refractivity contribution is -0.157. The van der Waals surface area contributed by atoms with Crippen molar-refractivity contribution in [2.75, 3.05) is 46.9 Å². The summed E-state index contributed by atoms with van der Waals surface area (Å²) in [6.07, 6.45) is -1.41. The molecule has 2 aliphatic heterocycles. The maximum Gasteiger partial charge on any atom is 0.251 e. The Morgan fingerprint density at radius 2 is 1.79 bits per heavy atom. The average Bonchev–Trinajstić information content (AvgIpc) is 2.92. The van der Waals surface area contributed by atoms with E-state index in [0.717, 1.165) is 5.56 Å². The van der Waals surface area contributed by atoms with E-state index in [1.165, 1.54) is 24.0 Å². The summed E-state index contributed by atoms with van der Waals surface area (Å²) in [5, 5.41) is 8.29. The highest BCUT2D eigenvalue weighted by molar-refractivity contribution is 5.93. The van der Waals surface area contributed by atoms with Crippen LogP contribution in [0.15, 0.2) is 30.3 Å². The van der Waals surface area contributed by atoms with Crippen LogP contribution < -0.4 is 16.0 Å². The third kappa shape index (κ3) is 8.49. The normalized spacial score (nSPS) is 25.4. The number of likely N-dealkylation sites (N-methyl/N-ethyl adjacent to an activating group) is 1. The quantitative estimate of drug-likeness (QED) is 0.419. The van der Waals surface area contributed by atoms with Crippen LogP contribution in [0.25, 0.3) is 0 Å². The van der Waals surface area contributed by atoms with Gasteiger partial charge in [0.2, 0.25) is 23.6 Å². The molecule has 3 rings (SSSR count). The van der Waals surface area contributed by atoms with Crippen LogP contribution in [0.1, 0.15) is 25.8 Å². The molecule has 2 aliphatic rings. The predicted molar refractivity (Wildman–Crippen MR) is 141 cm³/mol. The molecule has 214 valence electrons. The number of rotatable bonds is 6. The molecule has 1 aromatic rings. The fourth-order valence-electron chi connectivity index (χ4n) is 4.60. The molecule has 2 saturated heterocycles. The van der Waals surface area contributed by atoms with E-state index in [1.807, 2.05) is 30.3 Å². The minimum Gasteiger partial charge on any atom is -0.384 e. The average molecular weight is 546 g/mol.